The number of nitriles is 1. The van der Waals surface area contributed by atoms with Gasteiger partial charge in [-0.1, -0.05) is 158 Å². The van der Waals surface area contributed by atoms with Crippen LogP contribution in [0.1, 0.15) is 5.56 Å². The van der Waals surface area contributed by atoms with E-state index in [1.165, 1.54) is 0 Å². The maximum absolute atomic E-state index is 10.6. The normalized spacial score (nSPS) is 11.4. The van der Waals surface area contributed by atoms with E-state index in [-0.39, 0.29) is 0 Å². The van der Waals surface area contributed by atoms with Gasteiger partial charge in [-0.05, 0) is 130 Å². The van der Waals surface area contributed by atoms with Crippen LogP contribution in [0.2, 0.25) is 0 Å². The molecule has 0 amide bonds. The second-order valence-electron chi connectivity index (χ2n) is 20.3. The van der Waals surface area contributed by atoms with Crippen molar-refractivity contribution in [3.8, 4) is 79.3 Å². The lowest BCUT2D eigenvalue weighted by molar-refractivity contribution is 1.16. The molecule has 0 unspecified atom stereocenters. The van der Waals surface area contributed by atoms with Gasteiger partial charge in [-0.15, -0.1) is 0 Å². The van der Waals surface area contributed by atoms with E-state index in [2.05, 4.69) is 181 Å². The summed E-state index contributed by atoms with van der Waals surface area (Å²) in [4.78, 5) is 17.5. The molecule has 0 saturated carbocycles. The zero-order chi connectivity index (χ0) is 54.1. The van der Waals surface area contributed by atoms with Gasteiger partial charge in [-0.3, -0.25) is 0 Å². The Morgan fingerprint density at radius 3 is 1.26 bits per heavy atom. The summed E-state index contributed by atoms with van der Waals surface area (Å²) in [7, 11) is 0. The van der Waals surface area contributed by atoms with Crippen LogP contribution < -0.4 is 0 Å². The molecule has 15 aromatic rings. The van der Waals surface area contributed by atoms with Crippen molar-refractivity contribution in [2.75, 3.05) is 0 Å². The number of nitrogens with zero attached hydrogens (tertiary/aromatic N) is 8. The zero-order valence-corrected chi connectivity index (χ0v) is 43.3. The van der Waals surface area contributed by atoms with Gasteiger partial charge in [0, 0.05) is 55.3 Å². The molecule has 8 heteroatoms. The molecule has 0 atom stereocenters. The molecule has 11 aromatic carbocycles. The number of hydrogen-bond acceptors (Lipinski definition) is 3. The van der Waals surface area contributed by atoms with Crippen LogP contribution >= 0.6 is 0 Å². The first-order valence-electron chi connectivity index (χ1n) is 26.7. The van der Waals surface area contributed by atoms with Crippen molar-refractivity contribution < 1.29 is 0 Å². The van der Waals surface area contributed by atoms with Crippen LogP contribution in [0, 0.1) is 24.5 Å². The van der Waals surface area contributed by atoms with E-state index in [0.717, 1.165) is 127 Å². The molecule has 0 aliphatic heterocycles. The van der Waals surface area contributed by atoms with Crippen LogP contribution in [0.3, 0.4) is 0 Å². The third-order valence-corrected chi connectivity index (χ3v) is 15.7. The highest BCUT2D eigenvalue weighted by Crippen LogP contribution is 2.42. The van der Waals surface area contributed by atoms with Gasteiger partial charge in [0.2, 0.25) is 0 Å². The Morgan fingerprint density at radius 1 is 0.321 bits per heavy atom. The number of fused-ring (bicyclic) bond motifs is 9. The van der Waals surface area contributed by atoms with Gasteiger partial charge < -0.3 is 13.7 Å². The minimum absolute atomic E-state index is 0.534. The van der Waals surface area contributed by atoms with Crippen LogP contribution in [0.15, 0.2) is 255 Å². The fourth-order valence-electron chi connectivity index (χ4n) is 11.9. The largest absolute Gasteiger partial charge is 0.309 e. The van der Waals surface area contributed by atoms with Crippen molar-refractivity contribution in [2.24, 2.45) is 0 Å². The van der Waals surface area contributed by atoms with Gasteiger partial charge in [-0.2, -0.15) is 5.26 Å². The summed E-state index contributed by atoms with van der Waals surface area (Å²) in [5.41, 5.74) is 19.4. The average Bonchev–Trinajstić information content (AvgIpc) is 4.24. The van der Waals surface area contributed by atoms with Gasteiger partial charge >= 0.3 is 0 Å². The van der Waals surface area contributed by atoms with Crippen molar-refractivity contribution in [3.63, 3.8) is 0 Å². The lowest BCUT2D eigenvalue weighted by Crippen LogP contribution is -1.97. The smallest absolute Gasteiger partial charge is 0.188 e. The van der Waals surface area contributed by atoms with E-state index in [1.807, 2.05) is 103 Å². The maximum Gasteiger partial charge on any atom is 0.188 e. The van der Waals surface area contributed by atoms with Gasteiger partial charge in [0.15, 0.2) is 17.2 Å². The van der Waals surface area contributed by atoms with E-state index in [0.29, 0.717) is 28.5 Å². The molecular weight excluding hydrogens is 989 g/mol. The predicted molar refractivity (Wildman–Crippen MR) is 329 cm³/mol. The number of benzene rings is 11. The second kappa shape index (κ2) is 18.8. The highest BCUT2D eigenvalue weighted by atomic mass is 15.0. The third-order valence-electron chi connectivity index (χ3n) is 15.7. The van der Waals surface area contributed by atoms with E-state index in [9.17, 15) is 5.26 Å². The Morgan fingerprint density at radius 2 is 0.728 bits per heavy atom. The summed E-state index contributed by atoms with van der Waals surface area (Å²) in [6.45, 7) is 15.6. The van der Waals surface area contributed by atoms with Crippen molar-refractivity contribution in [2.45, 2.75) is 0 Å². The van der Waals surface area contributed by atoms with Gasteiger partial charge in [0.25, 0.3) is 0 Å². The highest BCUT2D eigenvalue weighted by Gasteiger charge is 2.21. The molecular formula is C73H42N8. The SMILES string of the molecule is [C-]#[N+]c1ccc2c(c1)c1ccccc1n2-c1ccc2c(c1)c1cc(-n3c4ccccc4c4cc([N+]#[C-])ccc43)ccc1n2-c1ccc(-c2ccc(-c3ccc(-c4cc(-c5ccccc5)nc(-c5ccccc5)n4)c(C#N)c3)cc2)cc1. The quantitative estimate of drug-likeness (QED) is 0.142. The van der Waals surface area contributed by atoms with Crippen molar-refractivity contribution in [3.05, 3.63) is 283 Å². The van der Waals surface area contributed by atoms with Crippen molar-refractivity contribution >= 4 is 76.8 Å². The van der Waals surface area contributed by atoms with Gasteiger partial charge in [0.1, 0.15) is 0 Å². The van der Waals surface area contributed by atoms with Crippen LogP contribution in [-0.4, -0.2) is 23.7 Å². The summed E-state index contributed by atoms with van der Waals surface area (Å²) in [5.74, 6) is 0.603. The summed E-state index contributed by atoms with van der Waals surface area (Å²) in [6, 6.07) is 90.0. The first kappa shape index (κ1) is 46.7. The fraction of sp³-hybridized carbons (Fsp3) is 0. The van der Waals surface area contributed by atoms with Crippen molar-refractivity contribution in [1.82, 2.24) is 23.7 Å². The molecule has 0 saturated heterocycles. The molecule has 8 nitrogen and oxygen atoms in total. The summed E-state index contributed by atoms with van der Waals surface area (Å²) in [6.07, 6.45) is 0. The zero-order valence-electron chi connectivity index (χ0n) is 43.3. The molecule has 15 rings (SSSR count). The Bertz CT molecular complexity index is 4930. The second-order valence-corrected chi connectivity index (χ2v) is 20.3. The number of rotatable bonds is 8. The minimum Gasteiger partial charge on any atom is -0.309 e. The summed E-state index contributed by atoms with van der Waals surface area (Å²) < 4.78 is 6.98. The topological polar surface area (TPSA) is 73.1 Å². The third kappa shape index (κ3) is 7.73. The van der Waals surface area contributed by atoms with Gasteiger partial charge in [0.05, 0.1) is 69.3 Å². The lowest BCUT2D eigenvalue weighted by Gasteiger charge is -2.12. The molecule has 0 radical (unpaired) electrons. The Hall–Kier alpha value is -11.6. The highest BCUT2D eigenvalue weighted by molar-refractivity contribution is 6.14. The number of hydrogen-bond donors (Lipinski definition) is 0. The van der Waals surface area contributed by atoms with E-state index >= 15 is 0 Å². The fourth-order valence-corrected chi connectivity index (χ4v) is 11.9. The van der Waals surface area contributed by atoms with E-state index < -0.39 is 0 Å². The molecule has 0 aliphatic carbocycles. The number of para-hydroxylation sites is 2. The molecule has 81 heavy (non-hydrogen) atoms. The first-order valence-corrected chi connectivity index (χ1v) is 26.7. The van der Waals surface area contributed by atoms with E-state index in [4.69, 9.17) is 23.1 Å². The molecule has 4 aromatic heterocycles. The lowest BCUT2D eigenvalue weighted by atomic mass is 9.95. The van der Waals surface area contributed by atoms with Crippen LogP contribution in [0.4, 0.5) is 11.4 Å². The minimum atomic E-state index is 0.534. The van der Waals surface area contributed by atoms with Gasteiger partial charge in [-0.25, -0.2) is 19.7 Å². The van der Waals surface area contributed by atoms with Crippen LogP contribution in [0.5, 0.6) is 0 Å². The van der Waals surface area contributed by atoms with Crippen LogP contribution in [0.25, 0.3) is 148 Å². The van der Waals surface area contributed by atoms with E-state index in [1.54, 1.807) is 0 Å². The predicted octanol–water partition coefficient (Wildman–Crippen LogP) is 19.1. The molecule has 0 spiro atoms. The Balaban J connectivity index is 0.811. The number of aromatic nitrogens is 5. The maximum atomic E-state index is 10.6. The summed E-state index contributed by atoms with van der Waals surface area (Å²) in [5, 5.41) is 17.1. The Labute approximate surface area is 465 Å². The van der Waals surface area contributed by atoms with Crippen LogP contribution in [-0.2, 0) is 0 Å². The average molecular weight is 1030 g/mol. The first-order chi connectivity index (χ1) is 40.0. The monoisotopic (exact) mass is 1030 g/mol. The summed E-state index contributed by atoms with van der Waals surface area (Å²) >= 11 is 0. The molecule has 0 aliphatic rings. The molecule has 4 heterocycles. The Kier molecular flexibility index (Phi) is 10.8. The molecule has 0 fully saturated rings. The standard InChI is InChI=1S/C73H42N8/c1-75-53-28-35-69-61(40-53)59-17-9-11-19-67(59)80(69)56-32-37-71-63(42-56)64-43-57(81-68-20-12-10-18-60(68)62-41-54(76-2)29-36-70(62)81)33-38-72(64)79(71)55-30-25-47(26-31-55)46-21-23-48(24-22-46)51-27-34-58(52(39-51)45-74)66-44-65(49-13-5-3-6-14-49)77-73(78-66)50-15-7-4-8-16-50/h3-44H. The molecule has 0 N–H and O–H groups in total. The molecule has 0 bridgehead atoms. The van der Waals surface area contributed by atoms with Crippen molar-refractivity contribution in [1.29, 1.82) is 5.26 Å². The molecule has 374 valence electrons.